The molecule has 0 aromatic rings. The van der Waals surface area contributed by atoms with Gasteiger partial charge in [0.25, 0.3) is 0 Å². The maximum atomic E-state index is 7.13. The summed E-state index contributed by atoms with van der Waals surface area (Å²) in [5.74, 6) is 0. The molecule has 0 radical (unpaired) electrons. The summed E-state index contributed by atoms with van der Waals surface area (Å²) in [6.07, 6.45) is 0. The minimum absolute atomic E-state index is 0. The Morgan fingerprint density at radius 1 is 0.900 bits per heavy atom. The monoisotopic (exact) mass is 290 g/mol. The molecule has 0 aliphatic heterocycles. The summed E-state index contributed by atoms with van der Waals surface area (Å²) in [7, 11) is 0. The third-order valence-corrected chi connectivity index (χ3v) is 0. The summed E-state index contributed by atoms with van der Waals surface area (Å²) in [4.78, 5) is 0. The van der Waals surface area contributed by atoms with Crippen molar-refractivity contribution in [2.24, 2.45) is 0 Å². The molecule has 0 amide bonds. The van der Waals surface area contributed by atoms with E-state index in [0.29, 0.717) is 0 Å². The quantitative estimate of drug-likeness (QED) is 0.255. The molecular weight excluding hydrogens is 293 g/mol. The van der Waals surface area contributed by atoms with E-state index in [9.17, 15) is 0 Å². The summed E-state index contributed by atoms with van der Waals surface area (Å²) in [5, 5.41) is 16.9. The van der Waals surface area contributed by atoms with Gasteiger partial charge in [0.05, 0.1) is 0 Å². The number of thiocarbonyl (C=S) groups is 2. The van der Waals surface area contributed by atoms with Crippen LogP contribution in [0.5, 0.6) is 0 Å². The fraction of sp³-hybridized carbons (Fsp3) is 0. The minimum atomic E-state index is 0. The van der Waals surface area contributed by atoms with Crippen molar-refractivity contribution in [1.82, 2.24) is 0 Å². The predicted molar refractivity (Wildman–Crippen MR) is 37.7 cm³/mol. The van der Waals surface area contributed by atoms with Crippen molar-refractivity contribution in [3.8, 4) is 0 Å². The summed E-state index contributed by atoms with van der Waals surface area (Å²) >= 11 is 7.40. The Kier molecular flexibility index (Phi) is 273. The molecule has 0 saturated carbocycles. The zero-order chi connectivity index (χ0) is 5.41. The van der Waals surface area contributed by atoms with E-state index in [1.54, 1.807) is 0 Å². The van der Waals surface area contributed by atoms with Crippen LogP contribution in [0.1, 0.15) is 0 Å². The molecule has 0 aliphatic carbocycles. The number of hydrogen-bond donors (Lipinski definition) is 0. The van der Waals surface area contributed by atoms with E-state index in [2.05, 4.69) is 24.4 Å². The van der Waals surface area contributed by atoms with Crippen LogP contribution in [0.4, 0.5) is 0 Å². The van der Waals surface area contributed by atoms with Crippen molar-refractivity contribution in [1.29, 1.82) is 0 Å². The van der Waals surface area contributed by atoms with Crippen molar-refractivity contribution >= 4 is 72.5 Å². The number of isothiocyanates is 2. The topological polar surface area (TPSA) is 44.6 Å². The molecule has 0 rings (SSSR count). The molecule has 0 heterocycles. The minimum Gasteiger partial charge on any atom is -1.00 e. The number of hydrogen-bond acceptors (Lipinski definition) is 2. The average Bonchev–Trinajstić information content (AvgIpc) is 1.39. The second kappa shape index (κ2) is 67.9. The summed E-state index contributed by atoms with van der Waals surface area (Å²) in [6.45, 7) is 0. The standard InChI is InChI=1S/2CNS.Ca.2ClH.Zn/c2*2-1-3;;;;/h;;;2*1H;/q2*-1;+2;;;+2/p-2. The van der Waals surface area contributed by atoms with Gasteiger partial charge in [-0.2, -0.15) is 10.3 Å². The first kappa shape index (κ1) is 40.2. The van der Waals surface area contributed by atoms with Gasteiger partial charge in [-0.15, -0.1) is 0 Å². The Bertz CT molecular complexity index is 79.3. The molecule has 0 spiro atoms. The third kappa shape index (κ3) is 194. The Labute approximate surface area is 126 Å². The van der Waals surface area contributed by atoms with Gasteiger partial charge in [-0.1, -0.05) is 24.4 Å². The second-order valence-corrected chi connectivity index (χ2v) is 0.548. The van der Waals surface area contributed by atoms with Crippen molar-refractivity contribution in [3.63, 3.8) is 0 Å². The molecule has 0 unspecified atom stereocenters. The van der Waals surface area contributed by atoms with Crippen molar-refractivity contribution in [2.75, 3.05) is 0 Å². The molecule has 0 aliphatic rings. The van der Waals surface area contributed by atoms with E-state index in [1.165, 1.54) is 10.3 Å². The maximum Gasteiger partial charge on any atom is 2.00 e. The molecule has 0 atom stereocenters. The van der Waals surface area contributed by atoms with Gasteiger partial charge in [-0.25, -0.2) is 0 Å². The van der Waals surface area contributed by atoms with Crippen LogP contribution >= 0.6 is 24.4 Å². The Morgan fingerprint density at radius 2 is 0.900 bits per heavy atom. The fourth-order valence-corrected chi connectivity index (χ4v) is 0. The van der Waals surface area contributed by atoms with Crippen molar-refractivity contribution in [2.45, 2.75) is 0 Å². The summed E-state index contributed by atoms with van der Waals surface area (Å²) in [5.41, 5.74) is 0. The molecule has 0 aromatic carbocycles. The number of rotatable bonds is 0. The Balaban J connectivity index is -0.00000000571. The summed E-state index contributed by atoms with van der Waals surface area (Å²) in [6, 6.07) is 0. The largest absolute Gasteiger partial charge is 2.00 e. The van der Waals surface area contributed by atoms with Crippen LogP contribution in [0.15, 0.2) is 0 Å². The molecule has 0 fully saturated rings. The zero-order valence-corrected chi connectivity index (χ0v) is 13.2. The van der Waals surface area contributed by atoms with Gasteiger partial charge in [-0.3, -0.25) is 0 Å². The van der Waals surface area contributed by atoms with Crippen LogP contribution in [0.3, 0.4) is 0 Å². The van der Waals surface area contributed by atoms with Crippen LogP contribution in [0, 0.1) is 0 Å². The molecule has 10 heavy (non-hydrogen) atoms. The van der Waals surface area contributed by atoms with Crippen LogP contribution in [0.25, 0.3) is 10.8 Å². The van der Waals surface area contributed by atoms with Gasteiger partial charge >= 0.3 is 57.2 Å². The normalized spacial score (nSPS) is 1.60. The molecule has 48 valence electrons. The van der Waals surface area contributed by atoms with Crippen LogP contribution in [-0.2, 0) is 19.5 Å². The van der Waals surface area contributed by atoms with E-state index < -0.39 is 0 Å². The van der Waals surface area contributed by atoms with Gasteiger partial charge in [-0.05, 0) is 0 Å². The van der Waals surface area contributed by atoms with Gasteiger partial charge in [0.15, 0.2) is 0 Å². The van der Waals surface area contributed by atoms with Gasteiger partial charge in [0.2, 0.25) is 0 Å². The zero-order valence-electron chi connectivity index (χ0n) is 4.88. The van der Waals surface area contributed by atoms with Gasteiger partial charge < -0.3 is 35.6 Å². The second-order valence-electron chi connectivity index (χ2n) is 0.183. The average molecular weight is 293 g/mol. The van der Waals surface area contributed by atoms with E-state index in [-0.39, 0.29) is 82.0 Å². The molecule has 0 N–H and O–H groups in total. The van der Waals surface area contributed by atoms with Crippen LogP contribution < -0.4 is 24.8 Å². The molecular formula is C2CaCl2N2S2Zn. The predicted octanol–water partition coefficient (Wildman–Crippen LogP) is -5.06. The first-order valence-electron chi connectivity index (χ1n) is 0.855. The third-order valence-electron chi connectivity index (χ3n) is 0. The molecule has 8 heteroatoms. The van der Waals surface area contributed by atoms with Crippen LogP contribution in [-0.4, -0.2) is 48.1 Å². The van der Waals surface area contributed by atoms with E-state index in [4.69, 9.17) is 10.8 Å². The fourth-order valence-electron chi connectivity index (χ4n) is 0. The van der Waals surface area contributed by atoms with Crippen LogP contribution in [0.2, 0.25) is 0 Å². The van der Waals surface area contributed by atoms with E-state index in [0.717, 1.165) is 0 Å². The number of halogens is 2. The van der Waals surface area contributed by atoms with Gasteiger partial charge in [0.1, 0.15) is 0 Å². The first-order valence-corrected chi connectivity index (χ1v) is 1.67. The summed E-state index contributed by atoms with van der Waals surface area (Å²) < 4.78 is 0. The molecule has 2 nitrogen and oxygen atoms in total. The molecule has 0 bridgehead atoms. The van der Waals surface area contributed by atoms with E-state index in [1.807, 2.05) is 0 Å². The molecule has 0 aromatic heterocycles. The molecule has 0 saturated heterocycles. The Morgan fingerprint density at radius 3 is 0.900 bits per heavy atom. The Hall–Kier alpha value is 2.06. The number of nitrogens with zero attached hydrogens (tertiary/aromatic N) is 2. The maximum absolute atomic E-state index is 7.13. The first-order chi connectivity index (χ1) is 2.83. The van der Waals surface area contributed by atoms with Crippen molar-refractivity contribution in [3.05, 3.63) is 10.8 Å². The SMILES string of the molecule is [Ca+2].[Cl-].[Cl-].[N-]=C=S.[N-]=C=S.[Zn+2]. The smallest absolute Gasteiger partial charge is 1.00 e. The van der Waals surface area contributed by atoms with Gasteiger partial charge in [0, 0.05) is 0 Å². The van der Waals surface area contributed by atoms with E-state index >= 15 is 0 Å². The van der Waals surface area contributed by atoms with Crippen molar-refractivity contribution < 1.29 is 44.3 Å².